The van der Waals surface area contributed by atoms with E-state index >= 15 is 0 Å². The number of nitrogens with zero attached hydrogens (tertiary/aromatic N) is 3. The molecule has 0 spiro atoms. The number of nitro benzene ring substituents is 1. The van der Waals surface area contributed by atoms with Crippen molar-refractivity contribution in [3.8, 4) is 5.69 Å². The molecule has 0 aliphatic heterocycles. The smallest absolute Gasteiger partial charge is 0.304 e. The number of nitrogens with one attached hydrogen (secondary N) is 1. The van der Waals surface area contributed by atoms with Crippen molar-refractivity contribution in [2.75, 3.05) is 0 Å². The first-order chi connectivity index (χ1) is 9.47. The van der Waals surface area contributed by atoms with Crippen LogP contribution < -0.4 is 5.32 Å². The van der Waals surface area contributed by atoms with E-state index in [-0.39, 0.29) is 0 Å². The van der Waals surface area contributed by atoms with E-state index in [1.165, 1.54) is 10.7 Å². The van der Waals surface area contributed by atoms with E-state index in [9.17, 15) is 14.5 Å². The number of aromatic nitrogens is 2. The van der Waals surface area contributed by atoms with Gasteiger partial charge < -0.3 is 5.32 Å². The third-order valence-corrected chi connectivity index (χ3v) is 2.73. The standard InChI is InChI=1S/C13H15FN4O2/c1-9(2)15-8-10-5-6-17(16-10)11-3-4-13(18(19)20)12(14)7-11/h3-7,9,15H,8H2,1-2H3. The number of benzene rings is 1. The van der Waals surface area contributed by atoms with Crippen molar-refractivity contribution in [2.45, 2.75) is 26.4 Å². The van der Waals surface area contributed by atoms with Crippen LogP contribution in [0.5, 0.6) is 0 Å². The van der Waals surface area contributed by atoms with Crippen molar-refractivity contribution < 1.29 is 9.31 Å². The SMILES string of the molecule is CC(C)NCc1ccn(-c2ccc([N+](=O)[O-])c(F)c2)n1. The Kier molecular flexibility index (Phi) is 4.09. The molecule has 6 nitrogen and oxygen atoms in total. The van der Waals surface area contributed by atoms with Crippen LogP contribution in [0.15, 0.2) is 30.5 Å². The Bertz CT molecular complexity index is 625. The molecular formula is C13H15FN4O2. The summed E-state index contributed by atoms with van der Waals surface area (Å²) in [6.45, 7) is 4.67. The van der Waals surface area contributed by atoms with Gasteiger partial charge in [0, 0.05) is 30.9 Å². The molecule has 106 valence electrons. The maximum absolute atomic E-state index is 13.6. The molecule has 20 heavy (non-hydrogen) atoms. The van der Waals surface area contributed by atoms with Gasteiger partial charge in [-0.3, -0.25) is 10.1 Å². The highest BCUT2D eigenvalue weighted by atomic mass is 19.1. The minimum atomic E-state index is -0.871. The maximum atomic E-state index is 13.6. The predicted octanol–water partition coefficient (Wildman–Crippen LogP) is 2.42. The first-order valence-corrected chi connectivity index (χ1v) is 6.19. The zero-order valence-corrected chi connectivity index (χ0v) is 11.2. The van der Waals surface area contributed by atoms with Gasteiger partial charge >= 0.3 is 5.69 Å². The molecule has 0 radical (unpaired) electrons. The normalized spacial score (nSPS) is 11.0. The fourth-order valence-electron chi connectivity index (χ4n) is 1.69. The zero-order valence-electron chi connectivity index (χ0n) is 11.2. The van der Waals surface area contributed by atoms with Gasteiger partial charge in [0.2, 0.25) is 5.82 Å². The molecular weight excluding hydrogens is 263 g/mol. The van der Waals surface area contributed by atoms with Gasteiger partial charge in [0.25, 0.3) is 0 Å². The summed E-state index contributed by atoms with van der Waals surface area (Å²) in [6, 6.07) is 5.86. The van der Waals surface area contributed by atoms with Crippen LogP contribution in [0.25, 0.3) is 5.69 Å². The highest BCUT2D eigenvalue weighted by molar-refractivity contribution is 5.41. The summed E-state index contributed by atoms with van der Waals surface area (Å²) in [4.78, 5) is 9.81. The average Bonchev–Trinajstić information content (AvgIpc) is 2.84. The average molecular weight is 278 g/mol. The van der Waals surface area contributed by atoms with Crippen LogP contribution in [-0.4, -0.2) is 20.7 Å². The molecule has 0 bridgehead atoms. The highest BCUT2D eigenvalue weighted by Crippen LogP contribution is 2.20. The van der Waals surface area contributed by atoms with E-state index in [1.807, 2.05) is 19.9 Å². The molecule has 1 heterocycles. The van der Waals surface area contributed by atoms with E-state index in [0.29, 0.717) is 18.3 Å². The monoisotopic (exact) mass is 278 g/mol. The minimum absolute atomic E-state index is 0.344. The second kappa shape index (κ2) is 5.79. The molecule has 0 amide bonds. The van der Waals surface area contributed by atoms with Crippen LogP contribution in [0.1, 0.15) is 19.5 Å². The predicted molar refractivity (Wildman–Crippen MR) is 72.2 cm³/mol. The highest BCUT2D eigenvalue weighted by Gasteiger charge is 2.14. The van der Waals surface area contributed by atoms with Crippen LogP contribution in [0.3, 0.4) is 0 Å². The van der Waals surface area contributed by atoms with Crippen LogP contribution in [0.2, 0.25) is 0 Å². The maximum Gasteiger partial charge on any atom is 0.304 e. The second-order valence-corrected chi connectivity index (χ2v) is 4.68. The van der Waals surface area contributed by atoms with Crippen molar-refractivity contribution >= 4 is 5.69 Å². The molecule has 2 aromatic rings. The van der Waals surface area contributed by atoms with Gasteiger partial charge in [-0.2, -0.15) is 9.49 Å². The Hall–Kier alpha value is -2.28. The quantitative estimate of drug-likeness (QED) is 0.673. The summed E-state index contributed by atoms with van der Waals surface area (Å²) >= 11 is 0. The Morgan fingerprint density at radius 2 is 2.20 bits per heavy atom. The number of halogens is 1. The number of rotatable bonds is 5. The molecule has 2 rings (SSSR count). The molecule has 0 atom stereocenters. The number of nitro groups is 1. The van der Waals surface area contributed by atoms with Crippen LogP contribution in [0.4, 0.5) is 10.1 Å². The summed E-state index contributed by atoms with van der Waals surface area (Å²) in [6.07, 6.45) is 1.69. The molecule has 1 aromatic heterocycles. The fraction of sp³-hybridized carbons (Fsp3) is 0.308. The third-order valence-electron chi connectivity index (χ3n) is 2.73. The Labute approximate surface area is 115 Å². The first kappa shape index (κ1) is 14.1. The van der Waals surface area contributed by atoms with Gasteiger partial charge in [-0.25, -0.2) is 4.68 Å². The van der Waals surface area contributed by atoms with Gasteiger partial charge in [-0.05, 0) is 12.1 Å². The summed E-state index contributed by atoms with van der Waals surface area (Å²) in [5, 5.41) is 18.1. The van der Waals surface area contributed by atoms with E-state index in [2.05, 4.69) is 10.4 Å². The van der Waals surface area contributed by atoms with Crippen molar-refractivity contribution in [2.24, 2.45) is 0 Å². The lowest BCUT2D eigenvalue weighted by Gasteiger charge is -2.05. The molecule has 0 fully saturated rings. The number of hydrogen-bond donors (Lipinski definition) is 1. The van der Waals surface area contributed by atoms with Crippen molar-refractivity contribution in [1.82, 2.24) is 15.1 Å². The van der Waals surface area contributed by atoms with E-state index < -0.39 is 16.4 Å². The molecule has 1 N–H and O–H groups in total. The van der Waals surface area contributed by atoms with Crippen molar-refractivity contribution in [3.05, 3.63) is 52.1 Å². The topological polar surface area (TPSA) is 73.0 Å². The lowest BCUT2D eigenvalue weighted by Crippen LogP contribution is -2.22. The van der Waals surface area contributed by atoms with Gasteiger partial charge in [-0.15, -0.1) is 0 Å². The molecule has 0 saturated carbocycles. The lowest BCUT2D eigenvalue weighted by molar-refractivity contribution is -0.387. The van der Waals surface area contributed by atoms with Gasteiger partial charge in [0.15, 0.2) is 0 Å². The summed E-state index contributed by atoms with van der Waals surface area (Å²) in [5.41, 5.74) is 0.726. The Morgan fingerprint density at radius 3 is 2.80 bits per heavy atom. The van der Waals surface area contributed by atoms with E-state index in [0.717, 1.165) is 17.8 Å². The molecule has 0 aliphatic rings. The van der Waals surface area contributed by atoms with Gasteiger partial charge in [0.1, 0.15) is 0 Å². The molecule has 0 unspecified atom stereocenters. The van der Waals surface area contributed by atoms with Crippen LogP contribution >= 0.6 is 0 Å². The lowest BCUT2D eigenvalue weighted by atomic mass is 10.3. The van der Waals surface area contributed by atoms with Gasteiger partial charge in [-0.1, -0.05) is 13.8 Å². The summed E-state index contributed by atoms with van der Waals surface area (Å²) in [5.74, 6) is -0.871. The molecule has 7 heteroatoms. The molecule has 0 aliphatic carbocycles. The molecule has 0 saturated heterocycles. The fourth-order valence-corrected chi connectivity index (χ4v) is 1.69. The Balaban J connectivity index is 2.20. The largest absolute Gasteiger partial charge is 0.309 e. The van der Waals surface area contributed by atoms with Crippen LogP contribution in [0, 0.1) is 15.9 Å². The van der Waals surface area contributed by atoms with Gasteiger partial charge in [0.05, 0.1) is 16.3 Å². The second-order valence-electron chi connectivity index (χ2n) is 4.68. The van der Waals surface area contributed by atoms with Crippen molar-refractivity contribution in [3.63, 3.8) is 0 Å². The zero-order chi connectivity index (χ0) is 14.7. The number of hydrogen-bond acceptors (Lipinski definition) is 4. The van der Waals surface area contributed by atoms with E-state index in [4.69, 9.17) is 0 Å². The summed E-state index contributed by atoms with van der Waals surface area (Å²) < 4.78 is 15.0. The van der Waals surface area contributed by atoms with Crippen molar-refractivity contribution in [1.29, 1.82) is 0 Å². The Morgan fingerprint density at radius 1 is 1.45 bits per heavy atom. The van der Waals surface area contributed by atoms with Crippen LogP contribution in [-0.2, 0) is 6.54 Å². The summed E-state index contributed by atoms with van der Waals surface area (Å²) in [7, 11) is 0. The van der Waals surface area contributed by atoms with E-state index in [1.54, 1.807) is 6.20 Å². The first-order valence-electron chi connectivity index (χ1n) is 6.19. The minimum Gasteiger partial charge on any atom is -0.309 e. The molecule has 1 aromatic carbocycles. The third kappa shape index (κ3) is 3.18.